The van der Waals surface area contributed by atoms with Gasteiger partial charge in [-0.15, -0.1) is 0 Å². The van der Waals surface area contributed by atoms with Crippen LogP contribution >= 0.6 is 0 Å². The van der Waals surface area contributed by atoms with E-state index in [4.69, 9.17) is 0 Å². The Morgan fingerprint density at radius 1 is 1.16 bits per heavy atom. The molecule has 104 valence electrons. The van der Waals surface area contributed by atoms with Crippen molar-refractivity contribution < 1.29 is 5.11 Å². The SMILES string of the molecule is Cc1cc(C)c(O)c([C@H]2C[C@]3(C)CC[C@H]2C3(C)C)c1. The third kappa shape index (κ3) is 1.60. The van der Waals surface area contributed by atoms with Gasteiger partial charge in [-0.1, -0.05) is 38.5 Å². The molecule has 2 fully saturated rings. The topological polar surface area (TPSA) is 20.2 Å². The first kappa shape index (κ1) is 13.0. The van der Waals surface area contributed by atoms with Crippen molar-refractivity contribution in [3.8, 4) is 5.75 Å². The van der Waals surface area contributed by atoms with E-state index in [-0.39, 0.29) is 0 Å². The third-order valence-corrected chi connectivity index (χ3v) is 6.52. The van der Waals surface area contributed by atoms with E-state index in [9.17, 15) is 5.11 Å². The van der Waals surface area contributed by atoms with Gasteiger partial charge in [0.25, 0.3) is 0 Å². The lowest BCUT2D eigenvalue weighted by atomic mass is 9.71. The largest absolute Gasteiger partial charge is 0.507 e. The highest BCUT2D eigenvalue weighted by Gasteiger charge is 2.60. The second-order valence-electron chi connectivity index (χ2n) is 7.76. The Hall–Kier alpha value is -0.980. The summed E-state index contributed by atoms with van der Waals surface area (Å²) in [6.45, 7) is 11.5. The van der Waals surface area contributed by atoms with Crippen LogP contribution in [0.25, 0.3) is 0 Å². The summed E-state index contributed by atoms with van der Waals surface area (Å²) >= 11 is 0. The molecule has 2 bridgehead atoms. The fourth-order valence-electron chi connectivity index (χ4n) is 4.90. The lowest BCUT2D eigenvalue weighted by Gasteiger charge is -2.34. The number of aryl methyl sites for hydroxylation is 2. The van der Waals surface area contributed by atoms with Gasteiger partial charge < -0.3 is 5.11 Å². The summed E-state index contributed by atoms with van der Waals surface area (Å²) in [5.74, 6) is 1.82. The first-order valence-corrected chi connectivity index (χ1v) is 7.56. The van der Waals surface area contributed by atoms with Crippen molar-refractivity contribution in [3.05, 3.63) is 28.8 Å². The molecule has 2 aliphatic rings. The van der Waals surface area contributed by atoms with Gasteiger partial charge in [-0.05, 0) is 66.9 Å². The zero-order valence-corrected chi connectivity index (χ0v) is 12.9. The molecule has 0 unspecified atom stereocenters. The van der Waals surface area contributed by atoms with E-state index >= 15 is 0 Å². The average Bonchev–Trinajstić information content (AvgIpc) is 2.65. The van der Waals surface area contributed by atoms with Crippen LogP contribution in [0.5, 0.6) is 5.75 Å². The van der Waals surface area contributed by atoms with Crippen LogP contribution in [0.15, 0.2) is 12.1 Å². The molecule has 1 aromatic rings. The molecular weight excluding hydrogens is 232 g/mol. The van der Waals surface area contributed by atoms with Gasteiger partial charge in [0.05, 0.1) is 0 Å². The quantitative estimate of drug-likeness (QED) is 0.756. The molecule has 0 aliphatic heterocycles. The first-order chi connectivity index (χ1) is 8.76. The molecule has 2 aliphatic carbocycles. The van der Waals surface area contributed by atoms with Gasteiger partial charge in [-0.3, -0.25) is 0 Å². The number of rotatable bonds is 1. The summed E-state index contributed by atoms with van der Waals surface area (Å²) in [6.07, 6.45) is 3.91. The molecule has 1 nitrogen and oxygen atoms in total. The van der Waals surface area contributed by atoms with Gasteiger partial charge in [0.2, 0.25) is 0 Å². The summed E-state index contributed by atoms with van der Waals surface area (Å²) in [6, 6.07) is 4.30. The van der Waals surface area contributed by atoms with Crippen LogP contribution in [-0.2, 0) is 0 Å². The van der Waals surface area contributed by atoms with Crippen molar-refractivity contribution >= 4 is 0 Å². The summed E-state index contributed by atoms with van der Waals surface area (Å²) in [5.41, 5.74) is 4.37. The number of hydrogen-bond acceptors (Lipinski definition) is 1. The number of aromatic hydroxyl groups is 1. The Balaban J connectivity index is 2.07. The van der Waals surface area contributed by atoms with Crippen LogP contribution < -0.4 is 0 Å². The molecule has 0 radical (unpaired) electrons. The maximum atomic E-state index is 10.5. The molecule has 0 amide bonds. The second-order valence-corrected chi connectivity index (χ2v) is 7.76. The zero-order valence-electron chi connectivity index (χ0n) is 12.9. The van der Waals surface area contributed by atoms with Gasteiger partial charge in [0, 0.05) is 0 Å². The van der Waals surface area contributed by atoms with E-state index in [1.807, 2.05) is 6.92 Å². The highest BCUT2D eigenvalue weighted by atomic mass is 16.3. The molecule has 0 saturated heterocycles. The van der Waals surface area contributed by atoms with Crippen molar-refractivity contribution in [2.24, 2.45) is 16.7 Å². The number of benzene rings is 1. The monoisotopic (exact) mass is 258 g/mol. The molecule has 0 heterocycles. The lowest BCUT2D eigenvalue weighted by Crippen LogP contribution is -2.26. The smallest absolute Gasteiger partial charge is 0.121 e. The highest BCUT2D eigenvalue weighted by molar-refractivity contribution is 5.46. The van der Waals surface area contributed by atoms with Crippen molar-refractivity contribution in [2.45, 2.75) is 59.8 Å². The maximum absolute atomic E-state index is 10.5. The number of fused-ring (bicyclic) bond motifs is 2. The van der Waals surface area contributed by atoms with Crippen LogP contribution in [0, 0.1) is 30.6 Å². The van der Waals surface area contributed by atoms with Crippen molar-refractivity contribution in [1.82, 2.24) is 0 Å². The van der Waals surface area contributed by atoms with Gasteiger partial charge in [-0.25, -0.2) is 0 Å². The zero-order chi connectivity index (χ0) is 14.0. The van der Waals surface area contributed by atoms with Crippen LogP contribution in [0.1, 0.15) is 62.6 Å². The minimum atomic E-state index is 0.405. The molecular formula is C18H26O. The summed E-state index contributed by atoms with van der Waals surface area (Å²) in [5, 5.41) is 10.5. The van der Waals surface area contributed by atoms with Crippen molar-refractivity contribution in [2.75, 3.05) is 0 Å². The van der Waals surface area contributed by atoms with E-state index in [2.05, 4.69) is 39.8 Å². The van der Waals surface area contributed by atoms with Gasteiger partial charge in [0.1, 0.15) is 5.75 Å². The Bertz CT molecular complexity index is 526. The molecule has 0 spiro atoms. The predicted molar refractivity (Wildman–Crippen MR) is 79.6 cm³/mol. The Morgan fingerprint density at radius 2 is 1.84 bits per heavy atom. The van der Waals surface area contributed by atoms with Crippen LogP contribution in [0.3, 0.4) is 0 Å². The summed E-state index contributed by atoms with van der Waals surface area (Å²) in [4.78, 5) is 0. The maximum Gasteiger partial charge on any atom is 0.121 e. The number of hydrogen-bond donors (Lipinski definition) is 1. The Morgan fingerprint density at radius 3 is 2.37 bits per heavy atom. The number of phenols is 1. The van der Waals surface area contributed by atoms with E-state index in [1.54, 1.807) is 0 Å². The lowest BCUT2D eigenvalue weighted by molar-refractivity contribution is 0.152. The van der Waals surface area contributed by atoms with E-state index in [0.717, 1.165) is 11.5 Å². The first-order valence-electron chi connectivity index (χ1n) is 7.56. The molecule has 3 rings (SSSR count). The minimum Gasteiger partial charge on any atom is -0.507 e. The summed E-state index contributed by atoms with van der Waals surface area (Å²) < 4.78 is 0. The minimum absolute atomic E-state index is 0.405. The molecule has 19 heavy (non-hydrogen) atoms. The third-order valence-electron chi connectivity index (χ3n) is 6.52. The number of phenolic OH excluding ortho intramolecular Hbond substituents is 1. The average molecular weight is 258 g/mol. The van der Waals surface area contributed by atoms with E-state index < -0.39 is 0 Å². The fraction of sp³-hybridized carbons (Fsp3) is 0.667. The van der Waals surface area contributed by atoms with Crippen LogP contribution in [0.2, 0.25) is 0 Å². The Kier molecular flexibility index (Phi) is 2.59. The van der Waals surface area contributed by atoms with Gasteiger partial charge in [0.15, 0.2) is 0 Å². The predicted octanol–water partition coefficient (Wildman–Crippen LogP) is 4.94. The highest BCUT2D eigenvalue weighted by Crippen LogP contribution is 2.70. The standard InChI is InChI=1S/C18H26O/c1-11-8-12(2)16(19)13(9-11)14-10-18(5)7-6-15(14)17(18,3)4/h8-9,14-15,19H,6-7,10H2,1-5H3/t14-,15-,18+/m1/s1. The van der Waals surface area contributed by atoms with E-state index in [0.29, 0.717) is 22.5 Å². The fourth-order valence-corrected chi connectivity index (χ4v) is 4.90. The summed E-state index contributed by atoms with van der Waals surface area (Å²) in [7, 11) is 0. The van der Waals surface area contributed by atoms with Gasteiger partial charge in [-0.2, -0.15) is 0 Å². The second kappa shape index (κ2) is 3.77. The molecule has 0 aromatic heterocycles. The molecule has 1 aromatic carbocycles. The van der Waals surface area contributed by atoms with Gasteiger partial charge >= 0.3 is 0 Å². The molecule has 2 saturated carbocycles. The van der Waals surface area contributed by atoms with Crippen molar-refractivity contribution in [3.63, 3.8) is 0 Å². The molecule has 3 atom stereocenters. The van der Waals surface area contributed by atoms with Crippen LogP contribution in [0.4, 0.5) is 0 Å². The normalized spacial score (nSPS) is 35.8. The molecule has 1 heteroatoms. The molecule has 1 N–H and O–H groups in total. The van der Waals surface area contributed by atoms with E-state index in [1.165, 1.54) is 30.4 Å². The van der Waals surface area contributed by atoms with Crippen LogP contribution in [-0.4, -0.2) is 5.11 Å². The Labute approximate surface area is 117 Å². The van der Waals surface area contributed by atoms with Crippen molar-refractivity contribution in [1.29, 1.82) is 0 Å².